The van der Waals surface area contributed by atoms with Crippen molar-refractivity contribution in [1.82, 2.24) is 5.32 Å². The van der Waals surface area contributed by atoms with Crippen LogP contribution >= 0.6 is 0 Å². The van der Waals surface area contributed by atoms with Gasteiger partial charge < -0.3 is 20.3 Å². The first kappa shape index (κ1) is 60.1. The van der Waals surface area contributed by atoms with Gasteiger partial charge in [-0.3, -0.25) is 9.59 Å². The number of amides is 1. The minimum atomic E-state index is -0.794. The minimum Gasteiger partial charge on any atom is -0.462 e. The molecule has 0 spiro atoms. The molecule has 0 saturated carbocycles. The molecule has 0 fully saturated rings. The first-order valence-electron chi connectivity index (χ1n) is 27.2. The van der Waals surface area contributed by atoms with Gasteiger partial charge in [0.1, 0.15) is 6.10 Å². The van der Waals surface area contributed by atoms with Gasteiger partial charge in [0.15, 0.2) is 0 Å². The first-order chi connectivity index (χ1) is 30.5. The fraction of sp³-hybridized carbons (Fsp3) is 0.857. The number of aliphatic hydroxyl groups is 2. The van der Waals surface area contributed by atoms with Crippen molar-refractivity contribution in [3.05, 3.63) is 36.5 Å². The van der Waals surface area contributed by atoms with Crippen LogP contribution in [-0.4, -0.2) is 46.9 Å². The first-order valence-corrected chi connectivity index (χ1v) is 27.2. The number of hydrogen-bond donors (Lipinski definition) is 3. The number of ether oxygens (including phenoxy) is 1. The van der Waals surface area contributed by atoms with Crippen molar-refractivity contribution in [3.8, 4) is 0 Å². The number of allylic oxidation sites excluding steroid dienone is 6. The average molecular weight is 872 g/mol. The third-order valence-electron chi connectivity index (χ3n) is 12.5. The second-order valence-electron chi connectivity index (χ2n) is 18.6. The zero-order chi connectivity index (χ0) is 45.2. The summed E-state index contributed by atoms with van der Waals surface area (Å²) in [5.74, 6) is -0.500. The molecule has 1 amide bonds. The van der Waals surface area contributed by atoms with E-state index in [-0.39, 0.29) is 24.9 Å². The SMILES string of the molecule is CCCCC/C=C\C/C=C\C/C=C\CCCCC(CC(=O)NC(CO)C(O)CCCCCCCCCCC)OC(=O)CCCCCCCCCCCCCCCCCCCCC. The Bertz CT molecular complexity index is 1020. The molecule has 0 aliphatic carbocycles. The summed E-state index contributed by atoms with van der Waals surface area (Å²) in [7, 11) is 0. The summed E-state index contributed by atoms with van der Waals surface area (Å²) in [5, 5.41) is 23.7. The molecule has 3 unspecified atom stereocenters. The fourth-order valence-corrected chi connectivity index (χ4v) is 8.32. The highest BCUT2D eigenvalue weighted by Crippen LogP contribution is 2.18. The highest BCUT2D eigenvalue weighted by molar-refractivity contribution is 5.77. The molecule has 0 rings (SSSR count). The molecular weight excluding hydrogens is 767 g/mol. The molecule has 0 radical (unpaired) electrons. The van der Waals surface area contributed by atoms with Crippen LogP contribution in [0.25, 0.3) is 0 Å². The van der Waals surface area contributed by atoms with Gasteiger partial charge in [-0.25, -0.2) is 0 Å². The van der Waals surface area contributed by atoms with E-state index in [0.29, 0.717) is 19.3 Å². The van der Waals surface area contributed by atoms with Crippen LogP contribution in [0.15, 0.2) is 36.5 Å². The van der Waals surface area contributed by atoms with E-state index in [1.807, 2.05) is 0 Å². The third-order valence-corrected chi connectivity index (χ3v) is 12.5. The van der Waals surface area contributed by atoms with Crippen molar-refractivity contribution in [1.29, 1.82) is 0 Å². The van der Waals surface area contributed by atoms with Crippen LogP contribution in [0.2, 0.25) is 0 Å². The molecule has 0 aliphatic rings. The molecule has 364 valence electrons. The summed E-state index contributed by atoms with van der Waals surface area (Å²) in [6, 6.07) is -0.710. The average Bonchev–Trinajstić information content (AvgIpc) is 3.26. The van der Waals surface area contributed by atoms with Crippen molar-refractivity contribution in [2.75, 3.05) is 6.61 Å². The van der Waals surface area contributed by atoms with Crippen molar-refractivity contribution in [3.63, 3.8) is 0 Å². The topological polar surface area (TPSA) is 95.9 Å². The zero-order valence-electron chi connectivity index (χ0n) is 41.5. The van der Waals surface area contributed by atoms with E-state index in [1.165, 1.54) is 167 Å². The van der Waals surface area contributed by atoms with E-state index in [1.54, 1.807) is 0 Å². The molecule has 6 heteroatoms. The number of carbonyl (C=O) groups is 2. The molecule has 3 N–H and O–H groups in total. The predicted octanol–water partition coefficient (Wildman–Crippen LogP) is 16.5. The Labute approximate surface area is 385 Å². The normalized spacial score (nSPS) is 13.4. The molecule has 3 atom stereocenters. The molecule has 0 aliphatic heterocycles. The van der Waals surface area contributed by atoms with E-state index >= 15 is 0 Å². The predicted molar refractivity (Wildman–Crippen MR) is 269 cm³/mol. The van der Waals surface area contributed by atoms with Crippen LogP contribution in [-0.2, 0) is 14.3 Å². The molecule has 0 aromatic rings. The Morgan fingerprint density at radius 1 is 0.468 bits per heavy atom. The van der Waals surface area contributed by atoms with Crippen LogP contribution in [0.5, 0.6) is 0 Å². The highest BCUT2D eigenvalue weighted by atomic mass is 16.5. The maximum Gasteiger partial charge on any atom is 0.306 e. The maximum absolute atomic E-state index is 13.2. The standard InChI is InChI=1S/C56H105NO5/c1-4-7-10-13-16-19-21-23-25-26-27-28-30-32-34-37-40-43-46-49-56(61)62-52(47-44-41-38-36-33-31-29-24-22-20-17-14-11-8-5-2)50-55(60)57-53(51-58)54(59)48-45-42-39-35-18-15-12-9-6-3/h17,20,24,29,33,36,52-54,58-59H,4-16,18-19,21-23,25-28,30-32,34-35,37-51H2,1-3H3,(H,57,60)/b20-17-,29-24-,36-33-. The summed E-state index contributed by atoms with van der Waals surface area (Å²) >= 11 is 0. The van der Waals surface area contributed by atoms with Crippen molar-refractivity contribution in [2.45, 2.75) is 302 Å². The number of aliphatic hydroxyl groups excluding tert-OH is 2. The monoisotopic (exact) mass is 872 g/mol. The van der Waals surface area contributed by atoms with Crippen LogP contribution in [0.4, 0.5) is 0 Å². The fourth-order valence-electron chi connectivity index (χ4n) is 8.32. The van der Waals surface area contributed by atoms with Gasteiger partial charge in [0.05, 0.1) is 25.2 Å². The van der Waals surface area contributed by atoms with E-state index < -0.39 is 18.2 Å². The van der Waals surface area contributed by atoms with Crippen LogP contribution in [0.1, 0.15) is 284 Å². The maximum atomic E-state index is 13.2. The van der Waals surface area contributed by atoms with Gasteiger partial charge in [0, 0.05) is 6.42 Å². The number of rotatable bonds is 49. The van der Waals surface area contributed by atoms with Crippen LogP contribution in [0, 0.1) is 0 Å². The van der Waals surface area contributed by atoms with E-state index in [2.05, 4.69) is 62.5 Å². The number of unbranched alkanes of at least 4 members (excludes halogenated alkanes) is 31. The van der Waals surface area contributed by atoms with E-state index in [0.717, 1.165) is 70.6 Å². The molecule has 0 saturated heterocycles. The van der Waals surface area contributed by atoms with E-state index in [9.17, 15) is 19.8 Å². The molecule has 0 aromatic heterocycles. The van der Waals surface area contributed by atoms with Gasteiger partial charge in [0.2, 0.25) is 5.91 Å². The number of hydrogen-bond acceptors (Lipinski definition) is 5. The Balaban J connectivity index is 4.54. The molecular formula is C56H105NO5. The molecule has 0 aromatic carbocycles. The molecule has 6 nitrogen and oxygen atoms in total. The Kier molecular flexibility index (Phi) is 48.5. The quantitative estimate of drug-likeness (QED) is 0.0321. The Morgan fingerprint density at radius 2 is 0.823 bits per heavy atom. The Morgan fingerprint density at radius 3 is 1.26 bits per heavy atom. The summed E-state index contributed by atoms with van der Waals surface area (Å²) in [6.07, 6.45) is 59.3. The summed E-state index contributed by atoms with van der Waals surface area (Å²) in [4.78, 5) is 26.2. The van der Waals surface area contributed by atoms with Gasteiger partial charge in [-0.05, 0) is 64.2 Å². The lowest BCUT2D eigenvalue weighted by molar-refractivity contribution is -0.151. The van der Waals surface area contributed by atoms with Crippen molar-refractivity contribution >= 4 is 11.9 Å². The van der Waals surface area contributed by atoms with Crippen LogP contribution in [0.3, 0.4) is 0 Å². The smallest absolute Gasteiger partial charge is 0.306 e. The van der Waals surface area contributed by atoms with E-state index in [4.69, 9.17) is 4.74 Å². The summed E-state index contributed by atoms with van der Waals surface area (Å²) in [6.45, 7) is 6.45. The highest BCUT2D eigenvalue weighted by Gasteiger charge is 2.24. The van der Waals surface area contributed by atoms with Crippen molar-refractivity contribution < 1.29 is 24.5 Å². The number of nitrogens with one attached hydrogen (secondary N) is 1. The summed E-state index contributed by atoms with van der Waals surface area (Å²) < 4.78 is 5.93. The second kappa shape index (κ2) is 50.1. The van der Waals surface area contributed by atoms with Gasteiger partial charge >= 0.3 is 5.97 Å². The Hall–Kier alpha value is -1.92. The largest absolute Gasteiger partial charge is 0.462 e. The van der Waals surface area contributed by atoms with Gasteiger partial charge in [-0.2, -0.15) is 0 Å². The minimum absolute atomic E-state index is 0.0554. The lowest BCUT2D eigenvalue weighted by Gasteiger charge is -2.24. The number of esters is 1. The van der Waals surface area contributed by atoms with Crippen LogP contribution < -0.4 is 5.32 Å². The summed E-state index contributed by atoms with van der Waals surface area (Å²) in [5.41, 5.74) is 0. The zero-order valence-corrected chi connectivity index (χ0v) is 41.5. The molecule has 62 heavy (non-hydrogen) atoms. The number of carbonyl (C=O) groups excluding carboxylic acids is 2. The lowest BCUT2D eigenvalue weighted by Crippen LogP contribution is -2.46. The molecule has 0 bridgehead atoms. The second-order valence-corrected chi connectivity index (χ2v) is 18.6. The van der Waals surface area contributed by atoms with Gasteiger partial charge in [-0.1, -0.05) is 243 Å². The van der Waals surface area contributed by atoms with Gasteiger partial charge in [0.25, 0.3) is 0 Å². The van der Waals surface area contributed by atoms with Gasteiger partial charge in [-0.15, -0.1) is 0 Å². The third kappa shape index (κ3) is 44.7. The lowest BCUT2D eigenvalue weighted by atomic mass is 10.0. The van der Waals surface area contributed by atoms with Crippen molar-refractivity contribution in [2.24, 2.45) is 0 Å². The molecule has 0 heterocycles.